The molecule has 2 aliphatic rings. The molecule has 2 fully saturated rings. The van der Waals surface area contributed by atoms with E-state index < -0.39 is 0 Å². The highest BCUT2D eigenvalue weighted by atomic mass is 35.5. The molecule has 2 atom stereocenters. The van der Waals surface area contributed by atoms with Crippen LogP contribution in [0.2, 0.25) is 0 Å². The van der Waals surface area contributed by atoms with E-state index in [9.17, 15) is 4.79 Å². The second-order valence-electron chi connectivity index (χ2n) is 8.26. The summed E-state index contributed by atoms with van der Waals surface area (Å²) < 4.78 is 8.00. The molecule has 2 aromatic rings. The number of ether oxygens (including phenoxy) is 1. The van der Waals surface area contributed by atoms with Gasteiger partial charge in [-0.3, -0.25) is 4.79 Å². The summed E-state index contributed by atoms with van der Waals surface area (Å²) in [6.07, 6.45) is 4.12. The number of benzene rings is 1. The van der Waals surface area contributed by atoms with Crippen LogP contribution in [-0.2, 0) is 4.74 Å². The summed E-state index contributed by atoms with van der Waals surface area (Å²) in [6.45, 7) is 7.34. The van der Waals surface area contributed by atoms with Crippen LogP contribution in [0.15, 0.2) is 24.3 Å². The molecule has 7 nitrogen and oxygen atoms in total. The van der Waals surface area contributed by atoms with Crippen LogP contribution < -0.4 is 10.6 Å². The van der Waals surface area contributed by atoms with Crippen LogP contribution in [0.1, 0.15) is 65.1 Å². The maximum absolute atomic E-state index is 12.8. The molecule has 2 N–H and O–H groups in total. The number of aryl methyl sites for hydroxylation is 1. The number of carbonyl (C=O) groups is 1. The van der Waals surface area contributed by atoms with Gasteiger partial charge in [0.2, 0.25) is 0 Å². The molecule has 0 saturated carbocycles. The van der Waals surface area contributed by atoms with Crippen molar-refractivity contribution < 1.29 is 9.53 Å². The number of halogens is 1. The second-order valence-corrected chi connectivity index (χ2v) is 8.26. The van der Waals surface area contributed by atoms with Crippen molar-refractivity contribution in [1.29, 1.82) is 0 Å². The van der Waals surface area contributed by atoms with E-state index in [1.807, 2.05) is 11.6 Å². The SMILES string of the molecule is Cc1ccc(C2OCCCC2CNC(=O)c2nnn(C3CCNCC3)c2C)cc1.Cl. The van der Waals surface area contributed by atoms with Gasteiger partial charge in [-0.2, -0.15) is 0 Å². The lowest BCUT2D eigenvalue weighted by molar-refractivity contribution is -0.0272. The lowest BCUT2D eigenvalue weighted by Gasteiger charge is -2.32. The van der Waals surface area contributed by atoms with Crippen LogP contribution in [0.25, 0.3) is 0 Å². The fourth-order valence-electron chi connectivity index (χ4n) is 4.43. The second kappa shape index (κ2) is 10.4. The van der Waals surface area contributed by atoms with Crippen molar-refractivity contribution in [3.8, 4) is 0 Å². The van der Waals surface area contributed by atoms with Crippen molar-refractivity contribution in [3.63, 3.8) is 0 Å². The summed E-state index contributed by atoms with van der Waals surface area (Å²) in [5.74, 6) is 0.117. The first-order chi connectivity index (χ1) is 14.1. The third kappa shape index (κ3) is 5.02. The van der Waals surface area contributed by atoms with Crippen LogP contribution in [0.3, 0.4) is 0 Å². The molecule has 2 aliphatic heterocycles. The molecule has 8 heteroatoms. The van der Waals surface area contributed by atoms with Gasteiger partial charge in [-0.05, 0) is 58.2 Å². The molecule has 164 valence electrons. The third-order valence-corrected chi connectivity index (χ3v) is 6.17. The minimum absolute atomic E-state index is 0. The summed E-state index contributed by atoms with van der Waals surface area (Å²) in [5.41, 5.74) is 3.71. The molecule has 1 amide bonds. The van der Waals surface area contributed by atoms with Gasteiger partial charge in [-0.25, -0.2) is 4.68 Å². The number of nitrogens with zero attached hydrogens (tertiary/aromatic N) is 3. The van der Waals surface area contributed by atoms with E-state index in [0.717, 1.165) is 51.1 Å². The van der Waals surface area contributed by atoms with E-state index in [4.69, 9.17) is 4.74 Å². The first kappa shape index (κ1) is 22.7. The topological polar surface area (TPSA) is 81.1 Å². The van der Waals surface area contributed by atoms with Gasteiger partial charge in [0, 0.05) is 19.1 Å². The van der Waals surface area contributed by atoms with Gasteiger partial charge in [0.05, 0.1) is 17.8 Å². The molecule has 2 saturated heterocycles. The van der Waals surface area contributed by atoms with E-state index in [2.05, 4.69) is 52.1 Å². The minimum atomic E-state index is -0.143. The van der Waals surface area contributed by atoms with Crippen LogP contribution in [0.5, 0.6) is 0 Å². The molecule has 0 bridgehead atoms. The van der Waals surface area contributed by atoms with Crippen molar-refractivity contribution in [3.05, 3.63) is 46.8 Å². The Morgan fingerprint density at radius 2 is 1.93 bits per heavy atom. The van der Waals surface area contributed by atoms with Gasteiger partial charge >= 0.3 is 0 Å². The van der Waals surface area contributed by atoms with Crippen molar-refractivity contribution in [2.75, 3.05) is 26.2 Å². The number of carbonyl (C=O) groups excluding carboxylic acids is 1. The maximum atomic E-state index is 12.8. The summed E-state index contributed by atoms with van der Waals surface area (Å²) >= 11 is 0. The van der Waals surface area contributed by atoms with Crippen LogP contribution in [0, 0.1) is 19.8 Å². The van der Waals surface area contributed by atoms with Crippen molar-refractivity contribution in [2.45, 2.75) is 51.7 Å². The molecule has 0 spiro atoms. The third-order valence-electron chi connectivity index (χ3n) is 6.17. The standard InChI is InChI=1S/C22H31N5O2.ClH/c1-15-5-7-17(8-6-15)21-18(4-3-13-29-21)14-24-22(28)20-16(2)27(26-25-20)19-9-11-23-12-10-19;/h5-8,18-19,21,23H,3-4,9-14H2,1-2H3,(H,24,28);1H. The average Bonchev–Trinajstić information content (AvgIpc) is 3.15. The van der Waals surface area contributed by atoms with Gasteiger partial charge < -0.3 is 15.4 Å². The summed E-state index contributed by atoms with van der Waals surface area (Å²) in [7, 11) is 0. The van der Waals surface area contributed by atoms with Crippen LogP contribution >= 0.6 is 12.4 Å². The van der Waals surface area contributed by atoms with Crippen LogP contribution in [-0.4, -0.2) is 47.1 Å². The highest BCUT2D eigenvalue weighted by molar-refractivity contribution is 5.93. The summed E-state index contributed by atoms with van der Waals surface area (Å²) in [4.78, 5) is 12.8. The van der Waals surface area contributed by atoms with Crippen molar-refractivity contribution in [2.24, 2.45) is 5.92 Å². The van der Waals surface area contributed by atoms with E-state index in [1.165, 1.54) is 11.1 Å². The van der Waals surface area contributed by atoms with E-state index in [-0.39, 0.29) is 30.3 Å². The summed E-state index contributed by atoms with van der Waals surface area (Å²) in [5, 5.41) is 14.9. The highest BCUT2D eigenvalue weighted by Crippen LogP contribution is 2.33. The van der Waals surface area contributed by atoms with Gasteiger partial charge in [0.15, 0.2) is 5.69 Å². The van der Waals surface area contributed by atoms with Crippen molar-refractivity contribution in [1.82, 2.24) is 25.6 Å². The number of rotatable bonds is 5. The van der Waals surface area contributed by atoms with Crippen molar-refractivity contribution >= 4 is 18.3 Å². The Hall–Kier alpha value is -1.96. The Balaban J connectivity index is 0.00000256. The zero-order valence-electron chi connectivity index (χ0n) is 17.8. The molecular weight excluding hydrogens is 402 g/mol. The number of piperidine rings is 1. The number of nitrogens with one attached hydrogen (secondary N) is 2. The number of aromatic nitrogens is 3. The highest BCUT2D eigenvalue weighted by Gasteiger charge is 2.29. The molecule has 0 aliphatic carbocycles. The van der Waals surface area contributed by atoms with E-state index in [1.54, 1.807) is 0 Å². The van der Waals surface area contributed by atoms with Gasteiger partial charge in [0.1, 0.15) is 0 Å². The Kier molecular flexibility index (Phi) is 7.86. The van der Waals surface area contributed by atoms with E-state index >= 15 is 0 Å². The lowest BCUT2D eigenvalue weighted by Crippen LogP contribution is -2.35. The molecule has 0 radical (unpaired) electrons. The quantitative estimate of drug-likeness (QED) is 0.757. The Morgan fingerprint density at radius 3 is 2.67 bits per heavy atom. The average molecular weight is 434 g/mol. The molecule has 4 rings (SSSR count). The smallest absolute Gasteiger partial charge is 0.273 e. The number of hydrogen-bond acceptors (Lipinski definition) is 5. The zero-order chi connectivity index (χ0) is 20.2. The minimum Gasteiger partial charge on any atom is -0.373 e. The molecule has 1 aromatic heterocycles. The maximum Gasteiger partial charge on any atom is 0.273 e. The first-order valence-electron chi connectivity index (χ1n) is 10.7. The Morgan fingerprint density at radius 1 is 1.20 bits per heavy atom. The fraction of sp³-hybridized carbons (Fsp3) is 0.591. The predicted molar refractivity (Wildman–Crippen MR) is 118 cm³/mol. The zero-order valence-corrected chi connectivity index (χ0v) is 18.6. The molecule has 3 heterocycles. The lowest BCUT2D eigenvalue weighted by atomic mass is 9.89. The van der Waals surface area contributed by atoms with Gasteiger partial charge in [-0.1, -0.05) is 35.0 Å². The predicted octanol–water partition coefficient (Wildman–Crippen LogP) is 3.14. The Bertz CT molecular complexity index is 833. The monoisotopic (exact) mass is 433 g/mol. The molecule has 1 aromatic carbocycles. The number of hydrogen-bond donors (Lipinski definition) is 2. The van der Waals surface area contributed by atoms with Crippen LogP contribution in [0.4, 0.5) is 0 Å². The van der Waals surface area contributed by atoms with Gasteiger partial charge in [0.25, 0.3) is 5.91 Å². The number of amides is 1. The van der Waals surface area contributed by atoms with E-state index in [0.29, 0.717) is 18.3 Å². The fourth-order valence-corrected chi connectivity index (χ4v) is 4.43. The molecular formula is C22H32ClN5O2. The summed E-state index contributed by atoms with van der Waals surface area (Å²) in [6, 6.07) is 8.82. The molecule has 2 unspecified atom stereocenters. The first-order valence-corrected chi connectivity index (χ1v) is 10.7. The van der Waals surface area contributed by atoms with Gasteiger partial charge in [-0.15, -0.1) is 17.5 Å². The largest absolute Gasteiger partial charge is 0.373 e. The molecule has 30 heavy (non-hydrogen) atoms. The normalized spacial score (nSPS) is 22.3. The Labute approximate surface area is 184 Å².